The molecule has 0 saturated carbocycles. The van der Waals surface area contributed by atoms with Gasteiger partial charge >= 0.3 is 0 Å². The Morgan fingerprint density at radius 2 is 2.20 bits per heavy atom. The molecule has 1 aliphatic heterocycles. The van der Waals surface area contributed by atoms with Crippen molar-refractivity contribution >= 4 is 5.91 Å². The number of carbonyl (C=O) groups excluding carboxylic acids is 1. The molecule has 1 heterocycles. The van der Waals surface area contributed by atoms with Crippen molar-refractivity contribution in [3.05, 3.63) is 29.3 Å². The first-order chi connectivity index (χ1) is 9.56. The van der Waals surface area contributed by atoms with Crippen LogP contribution in [-0.4, -0.2) is 41.7 Å². The summed E-state index contributed by atoms with van der Waals surface area (Å²) < 4.78 is 5.62. The molecule has 4 nitrogen and oxygen atoms in total. The Labute approximate surface area is 120 Å². The Balaban J connectivity index is 1.77. The summed E-state index contributed by atoms with van der Waals surface area (Å²) in [6, 6.07) is 5.94. The van der Waals surface area contributed by atoms with Gasteiger partial charge in [-0.15, -0.1) is 0 Å². The van der Waals surface area contributed by atoms with Crippen LogP contribution in [-0.2, 0) is 4.79 Å². The maximum atomic E-state index is 12.0. The monoisotopic (exact) mass is 277 g/mol. The van der Waals surface area contributed by atoms with Crippen LogP contribution in [0.15, 0.2) is 18.2 Å². The van der Waals surface area contributed by atoms with Crippen LogP contribution in [0.1, 0.15) is 30.4 Å². The molecular weight excluding hydrogens is 254 g/mol. The van der Waals surface area contributed by atoms with Crippen molar-refractivity contribution in [1.29, 1.82) is 0 Å². The smallest absolute Gasteiger partial charge is 0.226 e. The molecule has 1 amide bonds. The lowest BCUT2D eigenvalue weighted by Gasteiger charge is -2.30. The molecule has 1 aliphatic rings. The first kappa shape index (κ1) is 14.9. The quantitative estimate of drug-likeness (QED) is 0.916. The van der Waals surface area contributed by atoms with Gasteiger partial charge in [0.05, 0.1) is 19.1 Å². The van der Waals surface area contributed by atoms with Gasteiger partial charge < -0.3 is 14.7 Å². The van der Waals surface area contributed by atoms with Gasteiger partial charge in [0, 0.05) is 13.1 Å². The van der Waals surface area contributed by atoms with Crippen molar-refractivity contribution in [1.82, 2.24) is 4.90 Å². The molecule has 20 heavy (non-hydrogen) atoms. The number of carbonyl (C=O) groups is 1. The average molecular weight is 277 g/mol. The Hall–Kier alpha value is -1.55. The van der Waals surface area contributed by atoms with Gasteiger partial charge in [-0.25, -0.2) is 0 Å². The summed E-state index contributed by atoms with van der Waals surface area (Å²) in [6.07, 6.45) is 1.67. The third-order valence-electron chi connectivity index (χ3n) is 3.81. The van der Waals surface area contributed by atoms with Crippen LogP contribution in [0.4, 0.5) is 0 Å². The fraction of sp³-hybridized carbons (Fsp3) is 0.562. The lowest BCUT2D eigenvalue weighted by atomic mass is 10.1. The van der Waals surface area contributed by atoms with Crippen LogP contribution in [0.25, 0.3) is 0 Å². The van der Waals surface area contributed by atoms with Gasteiger partial charge in [0.25, 0.3) is 0 Å². The van der Waals surface area contributed by atoms with Crippen molar-refractivity contribution in [2.24, 2.45) is 0 Å². The molecule has 1 aromatic rings. The Kier molecular flexibility index (Phi) is 5.01. The number of hydrogen-bond acceptors (Lipinski definition) is 3. The van der Waals surface area contributed by atoms with Gasteiger partial charge in [0.1, 0.15) is 5.75 Å². The highest BCUT2D eigenvalue weighted by Gasteiger charge is 2.21. The predicted molar refractivity (Wildman–Crippen MR) is 77.8 cm³/mol. The topological polar surface area (TPSA) is 49.8 Å². The van der Waals surface area contributed by atoms with E-state index in [4.69, 9.17) is 4.74 Å². The molecule has 0 bridgehead atoms. The fourth-order valence-electron chi connectivity index (χ4n) is 2.40. The van der Waals surface area contributed by atoms with Crippen LogP contribution in [0, 0.1) is 13.8 Å². The first-order valence-electron chi connectivity index (χ1n) is 7.22. The molecule has 1 N–H and O–H groups in total. The highest BCUT2D eigenvalue weighted by Crippen LogP contribution is 2.17. The van der Waals surface area contributed by atoms with E-state index in [9.17, 15) is 9.90 Å². The summed E-state index contributed by atoms with van der Waals surface area (Å²) >= 11 is 0. The number of likely N-dealkylation sites (tertiary alicyclic amines) is 1. The van der Waals surface area contributed by atoms with Gasteiger partial charge in [-0.1, -0.05) is 6.07 Å². The molecule has 1 atom stereocenters. The van der Waals surface area contributed by atoms with Crippen molar-refractivity contribution in [2.45, 2.75) is 39.2 Å². The highest BCUT2D eigenvalue weighted by atomic mass is 16.5. The Morgan fingerprint density at radius 1 is 1.40 bits per heavy atom. The van der Waals surface area contributed by atoms with Gasteiger partial charge in [0.15, 0.2) is 0 Å². The standard InChI is InChI=1S/C16H23NO3/c1-12-5-6-15(10-13(12)2)20-9-7-16(19)17-8-3-4-14(18)11-17/h5-6,10,14,18H,3-4,7-9,11H2,1-2H3/t14-/m0/s1. The van der Waals surface area contributed by atoms with Crippen LogP contribution in [0.5, 0.6) is 5.75 Å². The summed E-state index contributed by atoms with van der Waals surface area (Å²) in [4.78, 5) is 13.7. The molecule has 0 unspecified atom stereocenters. The SMILES string of the molecule is Cc1ccc(OCCC(=O)N2CCC[C@H](O)C2)cc1C. The van der Waals surface area contributed by atoms with E-state index in [1.807, 2.05) is 25.1 Å². The van der Waals surface area contributed by atoms with E-state index in [2.05, 4.69) is 6.92 Å². The molecule has 4 heteroatoms. The summed E-state index contributed by atoms with van der Waals surface area (Å²) in [5.74, 6) is 0.868. The highest BCUT2D eigenvalue weighted by molar-refractivity contribution is 5.76. The second-order valence-corrected chi connectivity index (χ2v) is 5.48. The van der Waals surface area contributed by atoms with Gasteiger partial charge in [-0.2, -0.15) is 0 Å². The number of benzene rings is 1. The molecule has 1 saturated heterocycles. The molecule has 2 rings (SSSR count). The fourth-order valence-corrected chi connectivity index (χ4v) is 2.40. The number of rotatable bonds is 4. The number of aryl methyl sites for hydroxylation is 2. The Bertz CT molecular complexity index is 473. The zero-order valence-corrected chi connectivity index (χ0v) is 12.3. The van der Waals surface area contributed by atoms with E-state index in [1.54, 1.807) is 4.90 Å². The molecule has 0 radical (unpaired) electrons. The minimum absolute atomic E-state index is 0.0626. The number of nitrogens with zero attached hydrogens (tertiary/aromatic N) is 1. The molecule has 1 fully saturated rings. The van der Waals surface area contributed by atoms with E-state index < -0.39 is 0 Å². The molecule has 0 aromatic heterocycles. The molecular formula is C16H23NO3. The lowest BCUT2D eigenvalue weighted by Crippen LogP contribution is -2.42. The molecule has 0 aliphatic carbocycles. The van der Waals surface area contributed by atoms with Crippen molar-refractivity contribution in [3.8, 4) is 5.75 Å². The van der Waals surface area contributed by atoms with Crippen molar-refractivity contribution in [2.75, 3.05) is 19.7 Å². The number of aliphatic hydroxyl groups is 1. The summed E-state index contributed by atoms with van der Waals surface area (Å²) in [5.41, 5.74) is 2.42. The average Bonchev–Trinajstić information content (AvgIpc) is 2.42. The predicted octanol–water partition coefficient (Wildman–Crippen LogP) is 2.06. The lowest BCUT2D eigenvalue weighted by molar-refractivity contribution is -0.134. The van der Waals surface area contributed by atoms with E-state index in [1.165, 1.54) is 11.1 Å². The van der Waals surface area contributed by atoms with Crippen molar-refractivity contribution in [3.63, 3.8) is 0 Å². The minimum atomic E-state index is -0.367. The van der Waals surface area contributed by atoms with E-state index in [0.29, 0.717) is 19.6 Å². The van der Waals surface area contributed by atoms with E-state index >= 15 is 0 Å². The third-order valence-corrected chi connectivity index (χ3v) is 3.81. The minimum Gasteiger partial charge on any atom is -0.493 e. The maximum Gasteiger partial charge on any atom is 0.226 e. The second kappa shape index (κ2) is 6.75. The Morgan fingerprint density at radius 3 is 2.90 bits per heavy atom. The summed E-state index contributed by atoms with van der Waals surface area (Å²) in [5, 5.41) is 9.56. The first-order valence-corrected chi connectivity index (χ1v) is 7.22. The number of piperidine rings is 1. The number of hydrogen-bond donors (Lipinski definition) is 1. The van der Waals surface area contributed by atoms with Gasteiger partial charge in [0.2, 0.25) is 5.91 Å². The van der Waals surface area contributed by atoms with E-state index in [-0.39, 0.29) is 12.0 Å². The van der Waals surface area contributed by atoms with Crippen LogP contribution in [0.3, 0.4) is 0 Å². The second-order valence-electron chi connectivity index (χ2n) is 5.48. The normalized spacial score (nSPS) is 18.9. The van der Waals surface area contributed by atoms with Crippen LogP contribution < -0.4 is 4.74 Å². The molecule has 1 aromatic carbocycles. The maximum absolute atomic E-state index is 12.0. The molecule has 0 spiro atoms. The van der Waals surface area contributed by atoms with Gasteiger partial charge in [-0.3, -0.25) is 4.79 Å². The van der Waals surface area contributed by atoms with Crippen LogP contribution >= 0.6 is 0 Å². The summed E-state index contributed by atoms with van der Waals surface area (Å²) in [6.45, 7) is 5.70. The number of ether oxygens (including phenoxy) is 1. The van der Waals surface area contributed by atoms with Crippen LogP contribution in [0.2, 0.25) is 0 Å². The number of aliphatic hydroxyl groups excluding tert-OH is 1. The van der Waals surface area contributed by atoms with E-state index in [0.717, 1.165) is 25.1 Å². The zero-order valence-electron chi connectivity index (χ0n) is 12.3. The van der Waals surface area contributed by atoms with Gasteiger partial charge in [-0.05, 0) is 49.9 Å². The number of β-amino-alcohol motifs (C(OH)–C–C–N with tert-alkyl or cyclic N) is 1. The van der Waals surface area contributed by atoms with Crippen molar-refractivity contribution < 1.29 is 14.6 Å². The number of amides is 1. The summed E-state index contributed by atoms with van der Waals surface area (Å²) in [7, 11) is 0. The molecule has 110 valence electrons. The zero-order chi connectivity index (χ0) is 14.5. The third kappa shape index (κ3) is 3.97. The largest absolute Gasteiger partial charge is 0.493 e.